The smallest absolute Gasteiger partial charge is 0.326 e. The Labute approximate surface area is 100 Å². The second-order valence-corrected chi connectivity index (χ2v) is 3.42. The molecule has 0 heterocycles. The van der Waals surface area contributed by atoms with E-state index in [0.717, 1.165) is 12.1 Å². The van der Waals surface area contributed by atoms with Gasteiger partial charge in [-0.05, 0) is 11.6 Å². The number of nitro benzene ring substituents is 1. The van der Waals surface area contributed by atoms with Gasteiger partial charge in [0, 0.05) is 12.5 Å². The van der Waals surface area contributed by atoms with Gasteiger partial charge in [-0.3, -0.25) is 14.9 Å². The van der Waals surface area contributed by atoms with Crippen molar-refractivity contribution in [3.8, 4) is 0 Å². The first-order valence-corrected chi connectivity index (χ1v) is 4.81. The number of carbonyl (C=O) groups is 2. The van der Waals surface area contributed by atoms with Crippen LogP contribution in [0, 0.1) is 15.9 Å². The van der Waals surface area contributed by atoms with Crippen molar-refractivity contribution in [3.05, 3.63) is 39.7 Å². The number of benzene rings is 1. The van der Waals surface area contributed by atoms with Crippen molar-refractivity contribution in [2.45, 2.75) is 12.5 Å². The molecule has 0 radical (unpaired) electrons. The molecule has 7 nitrogen and oxygen atoms in total. The van der Waals surface area contributed by atoms with E-state index in [2.05, 4.69) is 5.32 Å². The van der Waals surface area contributed by atoms with E-state index < -0.39 is 28.4 Å². The lowest BCUT2D eigenvalue weighted by Crippen LogP contribution is -2.37. The fraction of sp³-hybridized carbons (Fsp3) is 0.200. The molecule has 0 bridgehead atoms. The Hall–Kier alpha value is -2.51. The van der Waals surface area contributed by atoms with Crippen LogP contribution in [-0.4, -0.2) is 28.5 Å². The maximum Gasteiger partial charge on any atom is 0.326 e. The minimum absolute atomic E-state index is 0.171. The number of nitrogens with zero attached hydrogens (tertiary/aromatic N) is 1. The van der Waals surface area contributed by atoms with Gasteiger partial charge >= 0.3 is 11.7 Å². The summed E-state index contributed by atoms with van der Waals surface area (Å²) in [4.78, 5) is 30.5. The molecule has 0 aliphatic carbocycles. The molecule has 0 aromatic heterocycles. The van der Waals surface area contributed by atoms with Crippen LogP contribution in [0.2, 0.25) is 0 Å². The number of carboxylic acid groups (broad SMARTS) is 1. The molecule has 2 N–H and O–H groups in total. The predicted molar refractivity (Wildman–Crippen MR) is 57.4 cm³/mol. The van der Waals surface area contributed by atoms with Crippen LogP contribution in [0.4, 0.5) is 10.1 Å². The molecule has 0 saturated heterocycles. The van der Waals surface area contributed by atoms with Crippen molar-refractivity contribution in [1.29, 1.82) is 0 Å². The predicted octanol–water partition coefficient (Wildman–Crippen LogP) is 0.476. The van der Waals surface area contributed by atoms with Gasteiger partial charge in [0.1, 0.15) is 6.04 Å². The average molecular weight is 256 g/mol. The zero-order valence-corrected chi connectivity index (χ0v) is 9.00. The van der Waals surface area contributed by atoms with Gasteiger partial charge in [0.25, 0.3) is 0 Å². The van der Waals surface area contributed by atoms with Crippen LogP contribution in [0.25, 0.3) is 0 Å². The standard InChI is InChI=1S/C10H9FN2O5/c11-7-2-1-6(4-9(7)13(17)18)3-8(10(15)16)12-5-14/h1-2,4-5,8H,3H2,(H,12,14)(H,15,16). The molecule has 96 valence electrons. The van der Waals surface area contributed by atoms with Gasteiger partial charge < -0.3 is 10.4 Å². The van der Waals surface area contributed by atoms with Crippen molar-refractivity contribution >= 4 is 18.1 Å². The molecule has 8 heteroatoms. The number of carbonyl (C=O) groups excluding carboxylic acids is 1. The minimum Gasteiger partial charge on any atom is -0.480 e. The molecule has 18 heavy (non-hydrogen) atoms. The summed E-state index contributed by atoms with van der Waals surface area (Å²) in [7, 11) is 0. The maximum atomic E-state index is 13.0. The van der Waals surface area contributed by atoms with Gasteiger partial charge in [-0.15, -0.1) is 0 Å². The molecule has 0 aliphatic heterocycles. The van der Waals surface area contributed by atoms with Crippen LogP contribution >= 0.6 is 0 Å². The Morgan fingerprint density at radius 1 is 1.61 bits per heavy atom. The van der Waals surface area contributed by atoms with E-state index in [0.29, 0.717) is 0 Å². The molecule has 1 amide bonds. The van der Waals surface area contributed by atoms with Crippen LogP contribution in [-0.2, 0) is 16.0 Å². The summed E-state index contributed by atoms with van der Waals surface area (Å²) in [6.45, 7) is 0. The summed E-state index contributed by atoms with van der Waals surface area (Å²) in [6, 6.07) is 1.84. The molecular formula is C10H9FN2O5. The second-order valence-electron chi connectivity index (χ2n) is 3.42. The first kappa shape index (κ1) is 13.6. The number of halogens is 1. The van der Waals surface area contributed by atoms with E-state index in [1.807, 2.05) is 0 Å². The lowest BCUT2D eigenvalue weighted by molar-refractivity contribution is -0.387. The summed E-state index contributed by atoms with van der Waals surface area (Å²) in [5.74, 6) is -2.28. The maximum absolute atomic E-state index is 13.0. The third-order valence-electron chi connectivity index (χ3n) is 2.21. The summed E-state index contributed by atoms with van der Waals surface area (Å²) < 4.78 is 13.0. The zero-order chi connectivity index (χ0) is 13.7. The number of hydrogen-bond acceptors (Lipinski definition) is 4. The van der Waals surface area contributed by atoms with Gasteiger partial charge in [-0.1, -0.05) is 6.07 Å². The number of amides is 1. The summed E-state index contributed by atoms with van der Waals surface area (Å²) in [5, 5.41) is 21.3. The van der Waals surface area contributed by atoms with Gasteiger partial charge in [-0.25, -0.2) is 4.79 Å². The SMILES string of the molecule is O=CNC(Cc1ccc(F)c([N+](=O)[O-])c1)C(=O)O. The fourth-order valence-electron chi connectivity index (χ4n) is 1.36. The molecule has 1 unspecified atom stereocenters. The van der Waals surface area contributed by atoms with E-state index in [9.17, 15) is 24.1 Å². The highest BCUT2D eigenvalue weighted by Crippen LogP contribution is 2.19. The number of aliphatic carboxylic acids is 1. The summed E-state index contributed by atoms with van der Waals surface area (Å²) >= 11 is 0. The summed E-state index contributed by atoms with van der Waals surface area (Å²) in [6.07, 6.45) is 0.0475. The van der Waals surface area contributed by atoms with Crippen LogP contribution in [0.5, 0.6) is 0 Å². The first-order chi connectivity index (χ1) is 8.45. The van der Waals surface area contributed by atoms with Crippen LogP contribution in [0.15, 0.2) is 18.2 Å². The number of nitro groups is 1. The van der Waals surface area contributed by atoms with Gasteiger partial charge in [0.2, 0.25) is 12.2 Å². The fourth-order valence-corrected chi connectivity index (χ4v) is 1.36. The molecular weight excluding hydrogens is 247 g/mol. The topological polar surface area (TPSA) is 110 Å². The van der Waals surface area contributed by atoms with Crippen molar-refractivity contribution in [2.24, 2.45) is 0 Å². The molecule has 1 atom stereocenters. The number of nitrogens with one attached hydrogen (secondary N) is 1. The average Bonchev–Trinajstić information content (AvgIpc) is 2.30. The Kier molecular flexibility index (Phi) is 4.30. The summed E-state index contributed by atoms with van der Waals surface area (Å²) in [5.41, 5.74) is -0.493. The van der Waals surface area contributed by atoms with Crippen LogP contribution in [0.1, 0.15) is 5.56 Å². The third kappa shape index (κ3) is 3.24. The third-order valence-corrected chi connectivity index (χ3v) is 2.21. The molecule has 0 fully saturated rings. The van der Waals surface area contributed by atoms with Crippen LogP contribution < -0.4 is 5.32 Å². The highest BCUT2D eigenvalue weighted by atomic mass is 19.1. The van der Waals surface area contributed by atoms with Crippen molar-refractivity contribution in [2.75, 3.05) is 0 Å². The van der Waals surface area contributed by atoms with Gasteiger partial charge in [0.05, 0.1) is 4.92 Å². The molecule has 0 aliphatic rings. The van der Waals surface area contributed by atoms with Crippen LogP contribution in [0.3, 0.4) is 0 Å². The Morgan fingerprint density at radius 3 is 2.78 bits per heavy atom. The van der Waals surface area contributed by atoms with Crippen molar-refractivity contribution in [1.82, 2.24) is 5.32 Å². The van der Waals surface area contributed by atoms with E-state index in [1.165, 1.54) is 6.07 Å². The van der Waals surface area contributed by atoms with Crippen molar-refractivity contribution in [3.63, 3.8) is 0 Å². The van der Waals surface area contributed by atoms with Crippen molar-refractivity contribution < 1.29 is 24.0 Å². The quantitative estimate of drug-likeness (QED) is 0.437. The molecule has 0 saturated carbocycles. The number of carboxylic acids is 1. The van der Waals surface area contributed by atoms with E-state index in [4.69, 9.17) is 5.11 Å². The monoisotopic (exact) mass is 256 g/mol. The molecule has 0 spiro atoms. The molecule has 1 aromatic carbocycles. The molecule has 1 rings (SSSR count). The Balaban J connectivity index is 2.96. The Bertz CT molecular complexity index is 491. The Morgan fingerprint density at radius 2 is 2.28 bits per heavy atom. The number of rotatable bonds is 6. The lowest BCUT2D eigenvalue weighted by atomic mass is 10.1. The largest absolute Gasteiger partial charge is 0.480 e. The lowest BCUT2D eigenvalue weighted by Gasteiger charge is -2.10. The normalized spacial score (nSPS) is 11.6. The number of hydrogen-bond donors (Lipinski definition) is 2. The van der Waals surface area contributed by atoms with E-state index in [-0.39, 0.29) is 18.4 Å². The van der Waals surface area contributed by atoms with Gasteiger partial charge in [-0.2, -0.15) is 4.39 Å². The minimum atomic E-state index is -1.28. The van der Waals surface area contributed by atoms with Gasteiger partial charge in [0.15, 0.2) is 0 Å². The zero-order valence-electron chi connectivity index (χ0n) is 9.00. The highest BCUT2D eigenvalue weighted by molar-refractivity contribution is 5.76. The molecule has 1 aromatic rings. The van der Waals surface area contributed by atoms with E-state index >= 15 is 0 Å². The van der Waals surface area contributed by atoms with E-state index in [1.54, 1.807) is 0 Å². The second kappa shape index (κ2) is 5.71. The highest BCUT2D eigenvalue weighted by Gasteiger charge is 2.20. The first-order valence-electron chi connectivity index (χ1n) is 4.81.